The van der Waals surface area contributed by atoms with Gasteiger partial charge in [0.25, 0.3) is 0 Å². The maximum Gasteiger partial charge on any atom is 0.181 e. The van der Waals surface area contributed by atoms with Gasteiger partial charge in [0.2, 0.25) is 0 Å². The molecule has 3 nitrogen and oxygen atoms in total. The molecule has 1 fully saturated rings. The van der Waals surface area contributed by atoms with E-state index in [4.69, 9.17) is 0 Å². The summed E-state index contributed by atoms with van der Waals surface area (Å²) >= 11 is 0. The van der Waals surface area contributed by atoms with E-state index in [1.807, 2.05) is 26.0 Å². The molecule has 0 atom stereocenters. The van der Waals surface area contributed by atoms with Crippen molar-refractivity contribution < 1.29 is 17.2 Å². The van der Waals surface area contributed by atoms with Crippen LogP contribution < -0.4 is 0 Å². The maximum atomic E-state index is 13.7. The molecular weight excluding hydrogens is 368 g/mol. The molecule has 0 radical (unpaired) electrons. The lowest BCUT2D eigenvalue weighted by Gasteiger charge is -2.32. The molecule has 0 aliphatic carbocycles. The van der Waals surface area contributed by atoms with Gasteiger partial charge in [0.05, 0.1) is 10.1 Å². The fourth-order valence-electron chi connectivity index (χ4n) is 3.74. The van der Waals surface area contributed by atoms with Gasteiger partial charge in [0.1, 0.15) is 11.6 Å². The number of halogens is 2. The van der Waals surface area contributed by atoms with Crippen molar-refractivity contribution in [1.82, 2.24) is 4.90 Å². The van der Waals surface area contributed by atoms with Crippen molar-refractivity contribution in [3.8, 4) is 0 Å². The summed E-state index contributed by atoms with van der Waals surface area (Å²) in [6, 6.07) is 9.09. The van der Waals surface area contributed by atoms with Crippen molar-refractivity contribution in [3.05, 3.63) is 64.7 Å². The number of sulfone groups is 1. The van der Waals surface area contributed by atoms with Crippen LogP contribution in [0.25, 0.3) is 0 Å². The van der Waals surface area contributed by atoms with Crippen molar-refractivity contribution in [2.24, 2.45) is 0 Å². The predicted octanol–water partition coefficient (Wildman–Crippen LogP) is 4.06. The van der Waals surface area contributed by atoms with Crippen LogP contribution in [0.5, 0.6) is 0 Å². The molecule has 0 saturated carbocycles. The number of hydrogen-bond acceptors (Lipinski definition) is 3. The third kappa shape index (κ3) is 4.55. The number of benzene rings is 2. The van der Waals surface area contributed by atoms with Crippen molar-refractivity contribution in [2.45, 2.75) is 43.3 Å². The molecule has 27 heavy (non-hydrogen) atoms. The maximum absolute atomic E-state index is 13.7. The molecule has 6 heteroatoms. The van der Waals surface area contributed by atoms with Crippen LogP contribution in [-0.2, 0) is 16.3 Å². The molecular formula is C21H25F2NO2S. The second-order valence-electron chi connectivity index (χ2n) is 7.34. The zero-order valence-corrected chi connectivity index (χ0v) is 16.5. The van der Waals surface area contributed by atoms with E-state index in [1.165, 1.54) is 12.1 Å². The third-order valence-corrected chi connectivity index (χ3v) is 7.74. The number of piperidine rings is 1. The fourth-order valence-corrected chi connectivity index (χ4v) is 5.70. The Labute approximate surface area is 159 Å². The van der Waals surface area contributed by atoms with Gasteiger partial charge >= 0.3 is 0 Å². The Morgan fingerprint density at radius 3 is 2.37 bits per heavy atom. The summed E-state index contributed by atoms with van der Waals surface area (Å²) in [5.41, 5.74) is 2.33. The average molecular weight is 393 g/mol. The molecule has 0 amide bonds. The smallest absolute Gasteiger partial charge is 0.181 e. The molecule has 1 aliphatic heterocycles. The van der Waals surface area contributed by atoms with Crippen molar-refractivity contribution in [1.29, 1.82) is 0 Å². The molecule has 0 unspecified atom stereocenters. The Morgan fingerprint density at radius 1 is 1.04 bits per heavy atom. The summed E-state index contributed by atoms with van der Waals surface area (Å²) in [7, 11) is -3.34. The van der Waals surface area contributed by atoms with Crippen LogP contribution in [-0.4, -0.2) is 38.2 Å². The van der Waals surface area contributed by atoms with E-state index in [9.17, 15) is 17.2 Å². The van der Waals surface area contributed by atoms with Gasteiger partial charge in [0.15, 0.2) is 9.84 Å². The Kier molecular flexibility index (Phi) is 5.96. The lowest BCUT2D eigenvalue weighted by molar-refractivity contribution is 0.232. The van der Waals surface area contributed by atoms with Gasteiger partial charge in [-0.05, 0) is 69.5 Å². The minimum absolute atomic E-state index is 0.377. The lowest BCUT2D eigenvalue weighted by atomic mass is 10.1. The second-order valence-corrected chi connectivity index (χ2v) is 9.54. The average Bonchev–Trinajstić information content (AvgIpc) is 2.61. The van der Waals surface area contributed by atoms with Crippen LogP contribution in [0.3, 0.4) is 0 Å². The van der Waals surface area contributed by atoms with Gasteiger partial charge in [-0.15, -0.1) is 0 Å². The molecule has 0 aromatic heterocycles. The Balaban J connectivity index is 1.59. The largest absolute Gasteiger partial charge is 0.303 e. The first-order valence-corrected chi connectivity index (χ1v) is 10.8. The lowest BCUT2D eigenvalue weighted by Crippen LogP contribution is -2.40. The highest BCUT2D eigenvalue weighted by Gasteiger charge is 2.32. The van der Waals surface area contributed by atoms with E-state index in [0.29, 0.717) is 49.4 Å². The van der Waals surface area contributed by atoms with Gasteiger partial charge in [-0.1, -0.05) is 23.8 Å². The summed E-state index contributed by atoms with van der Waals surface area (Å²) in [4.78, 5) is 2.58. The van der Waals surface area contributed by atoms with Crippen LogP contribution in [0.15, 0.2) is 41.3 Å². The van der Waals surface area contributed by atoms with Gasteiger partial charge in [0, 0.05) is 12.6 Å². The molecule has 1 heterocycles. The van der Waals surface area contributed by atoms with Crippen molar-refractivity contribution in [3.63, 3.8) is 0 Å². The van der Waals surface area contributed by atoms with Crippen LogP contribution >= 0.6 is 0 Å². The van der Waals surface area contributed by atoms with Crippen LogP contribution in [0, 0.1) is 25.5 Å². The van der Waals surface area contributed by atoms with Crippen LogP contribution in [0.4, 0.5) is 8.78 Å². The molecule has 1 saturated heterocycles. The minimum atomic E-state index is -3.34. The molecule has 2 aromatic carbocycles. The second kappa shape index (κ2) is 8.07. The van der Waals surface area contributed by atoms with E-state index < -0.39 is 21.5 Å². The van der Waals surface area contributed by atoms with E-state index in [0.717, 1.165) is 17.2 Å². The van der Waals surface area contributed by atoms with Crippen LogP contribution in [0.1, 0.15) is 29.5 Å². The first kappa shape index (κ1) is 20.0. The zero-order chi connectivity index (χ0) is 19.6. The normalized spacial score (nSPS) is 16.6. The molecule has 2 aromatic rings. The van der Waals surface area contributed by atoms with Crippen LogP contribution in [0.2, 0.25) is 0 Å². The third-order valence-electron chi connectivity index (χ3n) is 5.32. The van der Waals surface area contributed by atoms with Crippen molar-refractivity contribution >= 4 is 9.84 Å². The quantitative estimate of drug-likeness (QED) is 0.769. The van der Waals surface area contributed by atoms with E-state index in [-0.39, 0.29) is 5.25 Å². The molecule has 1 aliphatic rings. The number of nitrogens with zero attached hydrogens (tertiary/aromatic N) is 1. The zero-order valence-electron chi connectivity index (χ0n) is 15.7. The molecule has 0 bridgehead atoms. The van der Waals surface area contributed by atoms with Gasteiger partial charge < -0.3 is 4.90 Å². The highest BCUT2D eigenvalue weighted by Crippen LogP contribution is 2.27. The number of hydrogen-bond donors (Lipinski definition) is 0. The molecule has 0 N–H and O–H groups in total. The molecule has 3 rings (SSSR count). The molecule has 146 valence electrons. The standard InChI is InChI=1S/C21H25F2NO2S/c1-15-3-6-21(16(2)13-15)27(25,26)19-8-11-24(12-9-19)10-7-17-4-5-18(22)14-20(17)23/h3-6,13-14,19H,7-12H2,1-2H3. The van der Waals surface area contributed by atoms with E-state index in [2.05, 4.69) is 4.90 Å². The first-order chi connectivity index (χ1) is 12.8. The highest BCUT2D eigenvalue weighted by molar-refractivity contribution is 7.92. The topological polar surface area (TPSA) is 37.4 Å². The Hall–Kier alpha value is -1.79. The Morgan fingerprint density at radius 2 is 1.74 bits per heavy atom. The van der Waals surface area contributed by atoms with E-state index in [1.54, 1.807) is 6.07 Å². The molecule has 0 spiro atoms. The predicted molar refractivity (Wildman–Crippen MR) is 103 cm³/mol. The number of aryl methyl sites for hydroxylation is 2. The summed E-state index contributed by atoms with van der Waals surface area (Å²) in [6.07, 6.45) is 1.63. The summed E-state index contributed by atoms with van der Waals surface area (Å²) < 4.78 is 52.7. The fraction of sp³-hybridized carbons (Fsp3) is 0.429. The Bertz CT molecular complexity index is 920. The number of rotatable bonds is 5. The van der Waals surface area contributed by atoms with E-state index >= 15 is 0 Å². The van der Waals surface area contributed by atoms with Crippen molar-refractivity contribution in [2.75, 3.05) is 19.6 Å². The summed E-state index contributed by atoms with van der Waals surface area (Å²) in [6.45, 7) is 5.76. The minimum Gasteiger partial charge on any atom is -0.303 e. The van der Waals surface area contributed by atoms with Gasteiger partial charge in [-0.2, -0.15) is 0 Å². The highest BCUT2D eigenvalue weighted by atomic mass is 32.2. The summed E-state index contributed by atoms with van der Waals surface area (Å²) in [5.74, 6) is -1.10. The van der Waals surface area contributed by atoms with Gasteiger partial charge in [-0.25, -0.2) is 17.2 Å². The summed E-state index contributed by atoms with van der Waals surface area (Å²) in [5, 5.41) is -0.377. The SMILES string of the molecule is Cc1ccc(S(=O)(=O)C2CCN(CCc3ccc(F)cc3F)CC2)c(C)c1. The first-order valence-electron chi connectivity index (χ1n) is 9.25. The monoisotopic (exact) mass is 393 g/mol. The van der Waals surface area contributed by atoms with Gasteiger partial charge in [-0.3, -0.25) is 0 Å². The number of likely N-dealkylation sites (tertiary alicyclic amines) is 1.